The highest BCUT2D eigenvalue weighted by Gasteiger charge is 2.34. The Morgan fingerprint density at radius 1 is 1.18 bits per heavy atom. The lowest BCUT2D eigenvalue weighted by Gasteiger charge is -2.26. The van der Waals surface area contributed by atoms with Crippen molar-refractivity contribution in [3.8, 4) is 5.75 Å². The molecule has 38 heavy (non-hydrogen) atoms. The number of thiazole rings is 1. The summed E-state index contributed by atoms with van der Waals surface area (Å²) >= 11 is 1.16. The van der Waals surface area contributed by atoms with Crippen LogP contribution in [-0.4, -0.2) is 29.2 Å². The fraction of sp³-hybridized carbons (Fsp3) is 0.179. The smallest absolute Gasteiger partial charge is 0.338 e. The quantitative estimate of drug-likeness (QED) is 0.213. The molecule has 5 rings (SSSR count). The van der Waals surface area contributed by atoms with Gasteiger partial charge < -0.3 is 9.47 Å². The lowest BCUT2D eigenvalue weighted by atomic mass is 9.91. The maximum Gasteiger partial charge on any atom is 0.338 e. The summed E-state index contributed by atoms with van der Waals surface area (Å²) < 4.78 is 12.7. The van der Waals surface area contributed by atoms with E-state index in [1.165, 1.54) is 16.7 Å². The largest absolute Gasteiger partial charge is 0.497 e. The first-order valence-corrected chi connectivity index (χ1v) is 12.6. The van der Waals surface area contributed by atoms with Crippen LogP contribution in [0.15, 0.2) is 81.7 Å². The van der Waals surface area contributed by atoms with Crippen LogP contribution in [-0.2, 0) is 9.53 Å². The minimum absolute atomic E-state index is 0.0745. The standard InChI is InChI=1S/C28H23N3O6S/c1-4-37-27(33)24-16(2)29-28-30(25(24)21-10-6-8-18-11-12-20(36-3)15-22(18)21)26(32)23(38-28)14-17-7-5-9-19(13-17)31(34)35/h5-15,25H,4H2,1-3H3/b23-14-. The van der Waals surface area contributed by atoms with Gasteiger partial charge in [0.15, 0.2) is 4.80 Å². The van der Waals surface area contributed by atoms with Crippen LogP contribution < -0.4 is 19.6 Å². The topological polar surface area (TPSA) is 113 Å². The van der Waals surface area contributed by atoms with E-state index in [0.717, 1.165) is 27.7 Å². The molecule has 0 bridgehead atoms. The minimum atomic E-state index is -0.798. The van der Waals surface area contributed by atoms with Crippen LogP contribution >= 0.6 is 11.3 Å². The van der Waals surface area contributed by atoms with E-state index in [1.54, 1.807) is 39.2 Å². The molecule has 4 aromatic rings. The number of nitro groups is 1. The van der Waals surface area contributed by atoms with Crippen LogP contribution in [0.3, 0.4) is 0 Å². The number of hydrogen-bond acceptors (Lipinski definition) is 8. The molecule has 0 N–H and O–H groups in total. The zero-order chi connectivity index (χ0) is 27.0. The predicted octanol–water partition coefficient (Wildman–Crippen LogP) is 3.87. The Balaban J connectivity index is 1.79. The van der Waals surface area contributed by atoms with Crippen molar-refractivity contribution in [1.29, 1.82) is 0 Å². The second-order valence-electron chi connectivity index (χ2n) is 8.59. The Morgan fingerprint density at radius 3 is 2.71 bits per heavy atom. The highest BCUT2D eigenvalue weighted by Crippen LogP contribution is 2.36. The van der Waals surface area contributed by atoms with E-state index in [-0.39, 0.29) is 23.4 Å². The monoisotopic (exact) mass is 529 g/mol. The minimum Gasteiger partial charge on any atom is -0.497 e. The van der Waals surface area contributed by atoms with Crippen molar-refractivity contribution in [1.82, 2.24) is 4.57 Å². The van der Waals surface area contributed by atoms with Gasteiger partial charge in [-0.15, -0.1) is 0 Å². The number of ether oxygens (including phenoxy) is 2. The maximum absolute atomic E-state index is 13.9. The van der Waals surface area contributed by atoms with Crippen molar-refractivity contribution < 1.29 is 19.2 Å². The third-order valence-corrected chi connectivity index (χ3v) is 7.30. The second-order valence-corrected chi connectivity index (χ2v) is 9.60. The van der Waals surface area contributed by atoms with Crippen molar-refractivity contribution >= 4 is 39.8 Å². The lowest BCUT2D eigenvalue weighted by Crippen LogP contribution is -2.40. The molecule has 1 aliphatic rings. The Bertz CT molecular complexity index is 1820. The summed E-state index contributed by atoms with van der Waals surface area (Å²) in [4.78, 5) is 42.8. The molecule has 9 nitrogen and oxygen atoms in total. The van der Waals surface area contributed by atoms with Gasteiger partial charge in [-0.3, -0.25) is 19.5 Å². The Hall–Kier alpha value is -4.57. The molecular weight excluding hydrogens is 506 g/mol. The molecule has 0 saturated carbocycles. The van der Waals surface area contributed by atoms with Crippen molar-refractivity contribution in [3.05, 3.63) is 113 Å². The highest BCUT2D eigenvalue weighted by atomic mass is 32.1. The molecule has 1 unspecified atom stereocenters. The molecule has 2 heterocycles. The van der Waals surface area contributed by atoms with E-state index in [1.807, 2.05) is 36.4 Å². The first-order valence-electron chi connectivity index (χ1n) is 11.8. The lowest BCUT2D eigenvalue weighted by molar-refractivity contribution is -0.384. The molecule has 0 aliphatic carbocycles. The molecule has 0 saturated heterocycles. The van der Waals surface area contributed by atoms with E-state index in [9.17, 15) is 19.7 Å². The summed E-state index contributed by atoms with van der Waals surface area (Å²) in [7, 11) is 1.58. The van der Waals surface area contributed by atoms with Crippen LogP contribution in [0.5, 0.6) is 5.75 Å². The highest BCUT2D eigenvalue weighted by molar-refractivity contribution is 7.07. The number of methoxy groups -OCH3 is 1. The SMILES string of the molecule is CCOC(=O)C1=C(C)N=c2s/c(=C\c3cccc([N+](=O)[O-])c3)c(=O)n2C1c1cccc2ccc(OC)cc12. The first kappa shape index (κ1) is 25.1. The van der Waals surface area contributed by atoms with E-state index in [0.29, 0.717) is 26.3 Å². The van der Waals surface area contributed by atoms with Crippen LogP contribution in [0.2, 0.25) is 0 Å². The summed E-state index contributed by atoms with van der Waals surface area (Å²) in [6.45, 7) is 3.62. The number of nitro benzene ring substituents is 1. The van der Waals surface area contributed by atoms with Crippen molar-refractivity contribution in [3.63, 3.8) is 0 Å². The summed E-state index contributed by atoms with van der Waals surface area (Å²) in [5, 5.41) is 13.0. The van der Waals surface area contributed by atoms with Crippen molar-refractivity contribution in [2.45, 2.75) is 19.9 Å². The van der Waals surface area contributed by atoms with Gasteiger partial charge in [0.2, 0.25) is 0 Å². The first-order chi connectivity index (χ1) is 18.3. The number of benzene rings is 3. The number of carbonyl (C=O) groups excluding carboxylic acids is 1. The van der Waals surface area contributed by atoms with Gasteiger partial charge in [0.05, 0.1) is 40.5 Å². The van der Waals surface area contributed by atoms with Crippen molar-refractivity contribution in [2.75, 3.05) is 13.7 Å². The zero-order valence-corrected chi connectivity index (χ0v) is 21.7. The van der Waals surface area contributed by atoms with Gasteiger partial charge in [-0.25, -0.2) is 9.79 Å². The summed E-state index contributed by atoms with van der Waals surface area (Å²) in [5.74, 6) is 0.0908. The normalized spacial score (nSPS) is 15.2. The predicted molar refractivity (Wildman–Crippen MR) is 144 cm³/mol. The van der Waals surface area contributed by atoms with Gasteiger partial charge in [0.1, 0.15) is 5.75 Å². The van der Waals surface area contributed by atoms with Crippen LogP contribution in [0.4, 0.5) is 5.69 Å². The number of allylic oxidation sites excluding steroid dienone is 1. The third-order valence-electron chi connectivity index (χ3n) is 6.31. The fourth-order valence-corrected chi connectivity index (χ4v) is 5.65. The molecule has 0 amide bonds. The van der Waals surface area contributed by atoms with E-state index < -0.39 is 16.9 Å². The van der Waals surface area contributed by atoms with Gasteiger partial charge in [-0.1, -0.05) is 47.7 Å². The van der Waals surface area contributed by atoms with Gasteiger partial charge in [0, 0.05) is 12.1 Å². The summed E-state index contributed by atoms with van der Waals surface area (Å²) in [5.41, 5.74) is 1.53. The molecule has 0 radical (unpaired) electrons. The van der Waals surface area contributed by atoms with Gasteiger partial charge in [-0.2, -0.15) is 0 Å². The molecule has 0 fully saturated rings. The maximum atomic E-state index is 13.9. The average Bonchev–Trinajstić information content (AvgIpc) is 3.21. The number of carbonyl (C=O) groups is 1. The van der Waals surface area contributed by atoms with Crippen LogP contribution in [0, 0.1) is 10.1 Å². The average molecular weight is 530 g/mol. The van der Waals surface area contributed by atoms with Gasteiger partial charge in [-0.05, 0) is 54.0 Å². The third kappa shape index (κ3) is 4.39. The van der Waals surface area contributed by atoms with E-state index in [4.69, 9.17) is 9.47 Å². The number of nitrogens with zero attached hydrogens (tertiary/aromatic N) is 3. The number of non-ortho nitro benzene ring substituents is 1. The van der Waals surface area contributed by atoms with Gasteiger partial charge >= 0.3 is 5.97 Å². The van der Waals surface area contributed by atoms with Crippen molar-refractivity contribution in [2.24, 2.45) is 4.99 Å². The van der Waals surface area contributed by atoms with E-state index in [2.05, 4.69) is 4.99 Å². The second kappa shape index (κ2) is 10.1. The van der Waals surface area contributed by atoms with E-state index >= 15 is 0 Å². The molecule has 1 aromatic heterocycles. The molecular formula is C28H23N3O6S. The fourth-order valence-electron chi connectivity index (χ4n) is 4.61. The summed E-state index contributed by atoms with van der Waals surface area (Å²) in [6, 6.07) is 16.6. The number of fused-ring (bicyclic) bond motifs is 2. The zero-order valence-electron chi connectivity index (χ0n) is 20.8. The van der Waals surface area contributed by atoms with Crippen LogP contribution in [0.1, 0.15) is 31.0 Å². The Labute approximate surface area is 220 Å². The molecule has 192 valence electrons. The number of aromatic nitrogens is 1. The Kier molecular flexibility index (Phi) is 6.64. The van der Waals surface area contributed by atoms with Crippen LogP contribution in [0.25, 0.3) is 16.8 Å². The molecule has 3 aromatic carbocycles. The summed E-state index contributed by atoms with van der Waals surface area (Å²) in [6.07, 6.45) is 1.60. The molecule has 1 atom stereocenters. The van der Waals surface area contributed by atoms with Gasteiger partial charge in [0.25, 0.3) is 11.2 Å². The number of esters is 1. The molecule has 1 aliphatic heterocycles. The molecule has 10 heteroatoms. The Morgan fingerprint density at radius 2 is 1.97 bits per heavy atom. The molecule has 0 spiro atoms. The number of rotatable bonds is 6. The number of hydrogen-bond donors (Lipinski definition) is 0.